The molecule has 0 saturated heterocycles. The first-order chi connectivity index (χ1) is 7.70. The predicted molar refractivity (Wildman–Crippen MR) is 64.8 cm³/mol. The van der Waals surface area contributed by atoms with Gasteiger partial charge in [0.25, 0.3) is 0 Å². The van der Waals surface area contributed by atoms with Crippen molar-refractivity contribution in [3.63, 3.8) is 0 Å². The molecule has 0 saturated carbocycles. The molecular formula is C12H12BrFN2. The van der Waals surface area contributed by atoms with Gasteiger partial charge in [0, 0.05) is 29.8 Å². The number of benzene rings is 1. The van der Waals surface area contributed by atoms with Gasteiger partial charge in [0.1, 0.15) is 11.6 Å². The average Bonchev–Trinajstić information content (AvgIpc) is 2.69. The van der Waals surface area contributed by atoms with Crippen LogP contribution in [0.15, 0.2) is 35.1 Å². The minimum Gasteiger partial charge on any atom is -0.330 e. The van der Waals surface area contributed by atoms with Crippen LogP contribution in [0.1, 0.15) is 18.3 Å². The van der Waals surface area contributed by atoms with Crippen molar-refractivity contribution in [2.75, 3.05) is 0 Å². The zero-order valence-corrected chi connectivity index (χ0v) is 10.5. The number of aryl methyl sites for hydroxylation is 1. The Labute approximate surface area is 102 Å². The zero-order valence-electron chi connectivity index (χ0n) is 8.95. The highest BCUT2D eigenvalue weighted by atomic mass is 79.9. The molecule has 0 aliphatic rings. The molecule has 84 valence electrons. The summed E-state index contributed by atoms with van der Waals surface area (Å²) in [5, 5.41) is 0. The number of halogens is 2. The second-order valence-electron chi connectivity index (χ2n) is 3.56. The van der Waals surface area contributed by atoms with Crippen LogP contribution in [-0.2, 0) is 13.0 Å². The Balaban J connectivity index is 2.27. The molecule has 16 heavy (non-hydrogen) atoms. The first-order valence-electron chi connectivity index (χ1n) is 5.14. The lowest BCUT2D eigenvalue weighted by Gasteiger charge is -2.08. The lowest BCUT2D eigenvalue weighted by atomic mass is 10.2. The van der Waals surface area contributed by atoms with E-state index in [-0.39, 0.29) is 5.82 Å². The maximum absolute atomic E-state index is 12.9. The Morgan fingerprint density at radius 2 is 2.25 bits per heavy atom. The SMILES string of the molecule is CCc1nccn1Cc1ccc(F)cc1Br. The molecule has 0 bridgehead atoms. The molecule has 2 nitrogen and oxygen atoms in total. The molecule has 0 fully saturated rings. The van der Waals surface area contributed by atoms with Gasteiger partial charge in [-0.05, 0) is 17.7 Å². The van der Waals surface area contributed by atoms with E-state index in [9.17, 15) is 4.39 Å². The van der Waals surface area contributed by atoms with Crippen LogP contribution >= 0.6 is 15.9 Å². The molecule has 0 radical (unpaired) electrons. The molecule has 4 heteroatoms. The van der Waals surface area contributed by atoms with E-state index in [4.69, 9.17) is 0 Å². The van der Waals surface area contributed by atoms with Gasteiger partial charge in [0.15, 0.2) is 0 Å². The number of hydrogen-bond acceptors (Lipinski definition) is 1. The van der Waals surface area contributed by atoms with E-state index < -0.39 is 0 Å². The van der Waals surface area contributed by atoms with Crippen LogP contribution in [0.2, 0.25) is 0 Å². The molecule has 0 amide bonds. The second-order valence-corrected chi connectivity index (χ2v) is 4.41. The van der Waals surface area contributed by atoms with Gasteiger partial charge in [-0.15, -0.1) is 0 Å². The lowest BCUT2D eigenvalue weighted by molar-refractivity contribution is 0.624. The summed E-state index contributed by atoms with van der Waals surface area (Å²) in [6, 6.07) is 4.75. The Morgan fingerprint density at radius 1 is 1.44 bits per heavy atom. The molecule has 1 heterocycles. The minimum atomic E-state index is -0.225. The summed E-state index contributed by atoms with van der Waals surface area (Å²) in [6.07, 6.45) is 4.62. The fourth-order valence-electron chi connectivity index (χ4n) is 1.63. The first kappa shape index (κ1) is 11.3. The van der Waals surface area contributed by atoms with Crippen molar-refractivity contribution in [2.24, 2.45) is 0 Å². The van der Waals surface area contributed by atoms with Gasteiger partial charge >= 0.3 is 0 Å². The predicted octanol–water partition coefficient (Wildman–Crippen LogP) is 3.40. The molecule has 0 atom stereocenters. The molecule has 0 unspecified atom stereocenters. The van der Waals surface area contributed by atoms with Gasteiger partial charge < -0.3 is 4.57 Å². The third-order valence-electron chi connectivity index (χ3n) is 2.47. The Morgan fingerprint density at radius 3 is 2.94 bits per heavy atom. The van der Waals surface area contributed by atoms with Crippen LogP contribution in [0.5, 0.6) is 0 Å². The average molecular weight is 283 g/mol. The molecule has 1 aromatic carbocycles. The van der Waals surface area contributed by atoms with Crippen molar-refractivity contribution in [3.05, 3.63) is 52.3 Å². The molecule has 1 aromatic heterocycles. The van der Waals surface area contributed by atoms with E-state index >= 15 is 0 Å². The fraction of sp³-hybridized carbons (Fsp3) is 0.250. The van der Waals surface area contributed by atoms with Gasteiger partial charge in [-0.25, -0.2) is 9.37 Å². The molecule has 0 aliphatic heterocycles. The van der Waals surface area contributed by atoms with Crippen LogP contribution in [-0.4, -0.2) is 9.55 Å². The summed E-state index contributed by atoms with van der Waals surface area (Å²) in [5.74, 6) is 0.813. The summed E-state index contributed by atoms with van der Waals surface area (Å²) < 4.78 is 15.8. The molecule has 0 spiro atoms. The number of nitrogens with zero attached hydrogens (tertiary/aromatic N) is 2. The topological polar surface area (TPSA) is 17.8 Å². The quantitative estimate of drug-likeness (QED) is 0.844. The summed E-state index contributed by atoms with van der Waals surface area (Å²) in [7, 11) is 0. The third kappa shape index (κ3) is 2.32. The van der Waals surface area contributed by atoms with Crippen LogP contribution in [0.3, 0.4) is 0 Å². The number of imidazole rings is 1. The largest absolute Gasteiger partial charge is 0.330 e. The zero-order chi connectivity index (χ0) is 11.5. The van der Waals surface area contributed by atoms with Crippen molar-refractivity contribution < 1.29 is 4.39 Å². The Hall–Kier alpha value is -1.16. The number of aromatic nitrogens is 2. The number of rotatable bonds is 3. The van der Waals surface area contributed by atoms with Gasteiger partial charge in [0.05, 0.1) is 0 Å². The fourth-order valence-corrected chi connectivity index (χ4v) is 2.11. The van der Waals surface area contributed by atoms with Gasteiger partial charge in [-0.3, -0.25) is 0 Å². The third-order valence-corrected chi connectivity index (χ3v) is 3.21. The highest BCUT2D eigenvalue weighted by Gasteiger charge is 2.05. The molecular weight excluding hydrogens is 271 g/mol. The number of hydrogen-bond donors (Lipinski definition) is 0. The smallest absolute Gasteiger partial charge is 0.124 e. The maximum Gasteiger partial charge on any atom is 0.124 e. The molecule has 2 rings (SSSR count). The Bertz CT molecular complexity index is 494. The van der Waals surface area contributed by atoms with Crippen LogP contribution in [0, 0.1) is 5.82 Å². The van der Waals surface area contributed by atoms with E-state index in [0.717, 1.165) is 22.3 Å². The van der Waals surface area contributed by atoms with E-state index in [1.165, 1.54) is 12.1 Å². The lowest BCUT2D eigenvalue weighted by Crippen LogP contribution is -2.04. The molecule has 0 N–H and O–H groups in total. The molecule has 0 aliphatic carbocycles. The summed E-state index contributed by atoms with van der Waals surface area (Å²) in [6.45, 7) is 2.78. The van der Waals surface area contributed by atoms with Crippen molar-refractivity contribution in [1.29, 1.82) is 0 Å². The van der Waals surface area contributed by atoms with Gasteiger partial charge in [0.2, 0.25) is 0 Å². The minimum absolute atomic E-state index is 0.225. The summed E-state index contributed by atoms with van der Waals surface area (Å²) in [5.41, 5.74) is 1.05. The standard InChI is InChI=1S/C12H12BrFN2/c1-2-12-15-5-6-16(12)8-9-3-4-10(14)7-11(9)13/h3-7H,2,8H2,1H3. The molecule has 2 aromatic rings. The monoisotopic (exact) mass is 282 g/mol. The van der Waals surface area contributed by atoms with Crippen LogP contribution in [0.25, 0.3) is 0 Å². The van der Waals surface area contributed by atoms with Crippen molar-refractivity contribution in [1.82, 2.24) is 9.55 Å². The highest BCUT2D eigenvalue weighted by molar-refractivity contribution is 9.10. The van der Waals surface area contributed by atoms with Crippen LogP contribution in [0.4, 0.5) is 4.39 Å². The van der Waals surface area contributed by atoms with Crippen molar-refractivity contribution >= 4 is 15.9 Å². The van der Waals surface area contributed by atoms with Crippen LogP contribution < -0.4 is 0 Å². The van der Waals surface area contributed by atoms with E-state index in [1.54, 1.807) is 12.3 Å². The van der Waals surface area contributed by atoms with E-state index in [2.05, 4.69) is 32.4 Å². The van der Waals surface area contributed by atoms with E-state index in [0.29, 0.717) is 6.54 Å². The normalized spacial score (nSPS) is 10.7. The van der Waals surface area contributed by atoms with Gasteiger partial charge in [-0.1, -0.05) is 28.9 Å². The summed E-state index contributed by atoms with van der Waals surface area (Å²) >= 11 is 3.37. The van der Waals surface area contributed by atoms with Crippen molar-refractivity contribution in [2.45, 2.75) is 19.9 Å². The Kier molecular flexibility index (Phi) is 3.39. The van der Waals surface area contributed by atoms with Crippen molar-refractivity contribution in [3.8, 4) is 0 Å². The highest BCUT2D eigenvalue weighted by Crippen LogP contribution is 2.19. The first-order valence-corrected chi connectivity index (χ1v) is 5.94. The van der Waals surface area contributed by atoms with Gasteiger partial charge in [-0.2, -0.15) is 0 Å². The second kappa shape index (κ2) is 4.78. The maximum atomic E-state index is 12.9. The van der Waals surface area contributed by atoms with E-state index in [1.807, 2.05) is 6.20 Å². The summed E-state index contributed by atoms with van der Waals surface area (Å²) in [4.78, 5) is 4.25.